The minimum absolute atomic E-state index is 0.148. The highest BCUT2D eigenvalue weighted by atomic mass is 16.2. The Morgan fingerprint density at radius 3 is 2.64 bits per heavy atom. The van der Waals surface area contributed by atoms with Gasteiger partial charge in [-0.05, 0) is 37.0 Å². The molecule has 118 valence electrons. The van der Waals surface area contributed by atoms with E-state index >= 15 is 0 Å². The third kappa shape index (κ3) is 3.84. The van der Waals surface area contributed by atoms with Crippen molar-refractivity contribution in [3.63, 3.8) is 0 Å². The molecule has 0 aliphatic carbocycles. The fourth-order valence-electron chi connectivity index (χ4n) is 2.47. The maximum absolute atomic E-state index is 12.1. The number of nitrogens with two attached hydrogens (primary N) is 1. The second-order valence-corrected chi connectivity index (χ2v) is 5.75. The van der Waals surface area contributed by atoms with Gasteiger partial charge in [-0.25, -0.2) is 0 Å². The number of hydrogen-bond donors (Lipinski definition) is 3. The monoisotopic (exact) mass is 303 g/mol. The van der Waals surface area contributed by atoms with Crippen molar-refractivity contribution in [1.82, 2.24) is 10.6 Å². The summed E-state index contributed by atoms with van der Waals surface area (Å²) in [6, 6.07) is 4.51. The maximum Gasteiger partial charge on any atom is 0.243 e. The van der Waals surface area contributed by atoms with E-state index in [4.69, 9.17) is 5.73 Å². The first-order valence-electron chi connectivity index (χ1n) is 7.32. The summed E-state index contributed by atoms with van der Waals surface area (Å²) in [5.41, 5.74) is 8.60. The minimum Gasteiger partial charge on any atom is -0.368 e. The molecule has 1 heterocycles. The van der Waals surface area contributed by atoms with Gasteiger partial charge in [-0.3, -0.25) is 14.4 Å². The van der Waals surface area contributed by atoms with Gasteiger partial charge in [0.1, 0.15) is 12.1 Å². The van der Waals surface area contributed by atoms with Crippen LogP contribution in [0, 0.1) is 13.8 Å². The zero-order valence-electron chi connectivity index (χ0n) is 12.8. The van der Waals surface area contributed by atoms with Crippen LogP contribution in [-0.2, 0) is 20.8 Å². The molecule has 1 fully saturated rings. The summed E-state index contributed by atoms with van der Waals surface area (Å²) in [6.45, 7) is 4.00. The van der Waals surface area contributed by atoms with Crippen LogP contribution >= 0.6 is 0 Å². The predicted molar refractivity (Wildman–Crippen MR) is 81.9 cm³/mol. The van der Waals surface area contributed by atoms with Gasteiger partial charge >= 0.3 is 0 Å². The summed E-state index contributed by atoms with van der Waals surface area (Å²) >= 11 is 0. The molecule has 1 aromatic carbocycles. The van der Waals surface area contributed by atoms with E-state index in [-0.39, 0.29) is 11.8 Å². The molecule has 4 N–H and O–H groups in total. The molecule has 3 amide bonds. The molecule has 0 radical (unpaired) electrons. The molecule has 1 aliphatic heterocycles. The van der Waals surface area contributed by atoms with E-state index < -0.39 is 18.0 Å². The average Bonchev–Trinajstić information content (AvgIpc) is 2.88. The number of hydrogen-bond acceptors (Lipinski definition) is 3. The first kappa shape index (κ1) is 16.0. The quantitative estimate of drug-likeness (QED) is 0.718. The summed E-state index contributed by atoms with van der Waals surface area (Å²) in [5, 5.41) is 5.21. The van der Waals surface area contributed by atoms with Crippen molar-refractivity contribution in [1.29, 1.82) is 0 Å². The van der Waals surface area contributed by atoms with Gasteiger partial charge in [0.15, 0.2) is 0 Å². The van der Waals surface area contributed by atoms with Crippen molar-refractivity contribution in [2.45, 2.75) is 45.2 Å². The number of primary amides is 1. The lowest BCUT2D eigenvalue weighted by Gasteiger charge is -2.18. The lowest BCUT2D eigenvalue weighted by molar-refractivity contribution is -0.129. The number of amides is 3. The Balaban J connectivity index is 2.03. The molecule has 1 aliphatic rings. The Morgan fingerprint density at radius 1 is 1.36 bits per heavy atom. The molecule has 0 bridgehead atoms. The van der Waals surface area contributed by atoms with E-state index in [9.17, 15) is 14.4 Å². The van der Waals surface area contributed by atoms with Crippen molar-refractivity contribution < 1.29 is 14.4 Å². The molecule has 22 heavy (non-hydrogen) atoms. The molecular formula is C16H21N3O3. The molecule has 6 nitrogen and oxygen atoms in total. The zero-order chi connectivity index (χ0) is 16.3. The van der Waals surface area contributed by atoms with Crippen LogP contribution in [0.25, 0.3) is 0 Å². The van der Waals surface area contributed by atoms with E-state index in [2.05, 4.69) is 10.6 Å². The molecular weight excluding hydrogens is 282 g/mol. The Bertz CT molecular complexity index is 613. The molecule has 1 saturated heterocycles. The molecule has 6 heteroatoms. The Hall–Kier alpha value is -2.37. The lowest BCUT2D eigenvalue weighted by Crippen LogP contribution is -2.51. The molecule has 0 saturated carbocycles. The van der Waals surface area contributed by atoms with E-state index in [1.165, 1.54) is 0 Å². The van der Waals surface area contributed by atoms with E-state index in [0.29, 0.717) is 19.3 Å². The Kier molecular flexibility index (Phi) is 4.80. The minimum atomic E-state index is -0.785. The zero-order valence-corrected chi connectivity index (χ0v) is 12.8. The number of aryl methyl sites for hydroxylation is 2. The topological polar surface area (TPSA) is 101 Å². The van der Waals surface area contributed by atoms with Gasteiger partial charge in [-0.15, -0.1) is 0 Å². The third-order valence-corrected chi connectivity index (χ3v) is 3.98. The first-order chi connectivity index (χ1) is 10.4. The van der Waals surface area contributed by atoms with E-state index in [1.807, 2.05) is 32.0 Å². The van der Waals surface area contributed by atoms with Crippen LogP contribution < -0.4 is 16.4 Å². The molecule has 2 rings (SSSR count). The second-order valence-electron chi connectivity index (χ2n) is 5.75. The molecule has 0 spiro atoms. The summed E-state index contributed by atoms with van der Waals surface area (Å²) < 4.78 is 0. The van der Waals surface area contributed by atoms with Crippen LogP contribution in [0.15, 0.2) is 18.2 Å². The van der Waals surface area contributed by atoms with Crippen LogP contribution in [0.5, 0.6) is 0 Å². The van der Waals surface area contributed by atoms with Crippen LogP contribution in [0.4, 0.5) is 0 Å². The van der Waals surface area contributed by atoms with Gasteiger partial charge in [0.25, 0.3) is 0 Å². The van der Waals surface area contributed by atoms with E-state index in [0.717, 1.165) is 16.7 Å². The molecule has 0 unspecified atom stereocenters. The number of nitrogens with one attached hydrogen (secondary N) is 2. The van der Waals surface area contributed by atoms with Crippen molar-refractivity contribution >= 4 is 17.7 Å². The van der Waals surface area contributed by atoms with Crippen molar-refractivity contribution in [2.24, 2.45) is 5.73 Å². The number of carbonyl (C=O) groups is 3. The number of rotatable bonds is 5. The largest absolute Gasteiger partial charge is 0.368 e. The highest BCUT2D eigenvalue weighted by Crippen LogP contribution is 2.12. The molecule has 0 aromatic heterocycles. The van der Waals surface area contributed by atoms with Gasteiger partial charge in [0.05, 0.1) is 0 Å². The van der Waals surface area contributed by atoms with Crippen LogP contribution in [0.3, 0.4) is 0 Å². The third-order valence-electron chi connectivity index (χ3n) is 3.98. The van der Waals surface area contributed by atoms with Crippen LogP contribution in [0.1, 0.15) is 29.5 Å². The fraction of sp³-hybridized carbons (Fsp3) is 0.438. The van der Waals surface area contributed by atoms with Crippen LogP contribution in [-0.4, -0.2) is 29.8 Å². The highest BCUT2D eigenvalue weighted by Gasteiger charge is 2.29. The Morgan fingerprint density at radius 2 is 2.09 bits per heavy atom. The van der Waals surface area contributed by atoms with Crippen molar-refractivity contribution in [2.75, 3.05) is 0 Å². The normalized spacial score (nSPS) is 18.6. The SMILES string of the molecule is Cc1ccc(C[C@H](NC(=O)[C@@H]2CCC(=O)N2)C(N)=O)cc1C. The van der Waals surface area contributed by atoms with Gasteiger partial charge in [0.2, 0.25) is 17.7 Å². The summed E-state index contributed by atoms with van der Waals surface area (Å²) in [7, 11) is 0. The fourth-order valence-corrected chi connectivity index (χ4v) is 2.47. The van der Waals surface area contributed by atoms with Gasteiger partial charge in [-0.2, -0.15) is 0 Å². The summed E-state index contributed by atoms with van der Waals surface area (Å²) in [5.74, 6) is -1.10. The first-order valence-corrected chi connectivity index (χ1v) is 7.32. The molecule has 1 aromatic rings. The van der Waals surface area contributed by atoms with Gasteiger partial charge in [-0.1, -0.05) is 18.2 Å². The summed E-state index contributed by atoms with van der Waals surface area (Å²) in [6.07, 6.45) is 1.11. The standard InChI is InChI=1S/C16H21N3O3/c1-9-3-4-11(7-10(9)2)8-13(15(17)21)19-16(22)12-5-6-14(20)18-12/h3-4,7,12-13H,5-6,8H2,1-2H3,(H2,17,21)(H,18,20)(H,19,22)/t12-,13-/m0/s1. The Labute approximate surface area is 129 Å². The van der Waals surface area contributed by atoms with E-state index in [1.54, 1.807) is 0 Å². The lowest BCUT2D eigenvalue weighted by atomic mass is 10.0. The number of benzene rings is 1. The van der Waals surface area contributed by atoms with Gasteiger partial charge < -0.3 is 16.4 Å². The average molecular weight is 303 g/mol. The molecule has 2 atom stereocenters. The smallest absolute Gasteiger partial charge is 0.243 e. The summed E-state index contributed by atoms with van der Waals surface area (Å²) in [4.78, 5) is 34.8. The maximum atomic E-state index is 12.1. The van der Waals surface area contributed by atoms with Gasteiger partial charge in [0, 0.05) is 12.8 Å². The predicted octanol–water partition coefficient (Wildman–Crippen LogP) is 0.0946. The van der Waals surface area contributed by atoms with Crippen molar-refractivity contribution in [3.8, 4) is 0 Å². The second kappa shape index (κ2) is 6.60. The highest BCUT2D eigenvalue weighted by molar-refractivity contribution is 5.93. The van der Waals surface area contributed by atoms with Crippen molar-refractivity contribution in [3.05, 3.63) is 34.9 Å². The van der Waals surface area contributed by atoms with Crippen LogP contribution in [0.2, 0.25) is 0 Å². The number of carbonyl (C=O) groups excluding carboxylic acids is 3.